The van der Waals surface area contributed by atoms with Crippen LogP contribution in [0.15, 0.2) is 4.99 Å². The number of carboxylic acids is 2. The molecule has 0 aromatic rings. The van der Waals surface area contributed by atoms with E-state index in [1.54, 1.807) is 4.90 Å². The molecule has 1 heterocycles. The average Bonchev–Trinajstić information content (AvgIpc) is 2.98. The summed E-state index contributed by atoms with van der Waals surface area (Å²) in [5, 5.41) is 18.8. The fourth-order valence-corrected chi connectivity index (χ4v) is 2.97. The maximum Gasteiger partial charge on any atom is 0.330 e. The van der Waals surface area contributed by atoms with E-state index in [-0.39, 0.29) is 6.42 Å². The van der Waals surface area contributed by atoms with Crippen LogP contribution in [0, 0.1) is 0 Å². The summed E-state index contributed by atoms with van der Waals surface area (Å²) < 4.78 is 0. The van der Waals surface area contributed by atoms with E-state index in [0.717, 1.165) is 25.7 Å². The maximum absolute atomic E-state index is 11.8. The van der Waals surface area contributed by atoms with Gasteiger partial charge in [-0.05, 0) is 6.42 Å². The molecule has 1 atom stereocenters. The Morgan fingerprint density at radius 2 is 1.77 bits per heavy atom. The van der Waals surface area contributed by atoms with Crippen molar-refractivity contribution in [3.8, 4) is 0 Å². The second-order valence-electron chi connectivity index (χ2n) is 5.99. The number of carboxylic acid groups (broad SMARTS) is 2. The lowest BCUT2D eigenvalue weighted by Gasteiger charge is -2.36. The molecule has 0 fully saturated rings. The molecule has 0 radical (unpaired) electrons. The molecule has 1 aliphatic rings. The van der Waals surface area contributed by atoms with Crippen LogP contribution in [0.25, 0.3) is 0 Å². The van der Waals surface area contributed by atoms with Crippen LogP contribution in [0.4, 0.5) is 0 Å². The topological polar surface area (TPSA) is 90.2 Å². The zero-order chi connectivity index (χ0) is 16.4. The number of unbranched alkanes of at least 4 members (excludes halogenated alkanes) is 6. The monoisotopic (exact) mass is 312 g/mol. The summed E-state index contributed by atoms with van der Waals surface area (Å²) in [6.45, 7) is 3.19. The second-order valence-corrected chi connectivity index (χ2v) is 5.99. The molecular formula is C16H28N2O4. The van der Waals surface area contributed by atoms with E-state index >= 15 is 0 Å². The van der Waals surface area contributed by atoms with Crippen LogP contribution in [0.1, 0.15) is 64.7 Å². The van der Waals surface area contributed by atoms with Gasteiger partial charge in [-0.3, -0.25) is 9.79 Å². The Morgan fingerprint density at radius 1 is 1.14 bits per heavy atom. The number of hydrogen-bond acceptors (Lipinski definition) is 4. The van der Waals surface area contributed by atoms with E-state index in [9.17, 15) is 14.7 Å². The molecule has 0 saturated heterocycles. The normalized spacial score (nSPS) is 16.7. The summed E-state index contributed by atoms with van der Waals surface area (Å²) in [6.07, 6.45) is 9.05. The zero-order valence-corrected chi connectivity index (χ0v) is 13.5. The Hall–Kier alpha value is -1.59. The van der Waals surface area contributed by atoms with Gasteiger partial charge in [0.2, 0.25) is 0 Å². The molecule has 0 amide bonds. The molecule has 0 aromatic carbocycles. The smallest absolute Gasteiger partial charge is 0.330 e. The van der Waals surface area contributed by atoms with E-state index in [4.69, 9.17) is 5.11 Å². The van der Waals surface area contributed by atoms with E-state index in [1.807, 2.05) is 0 Å². The van der Waals surface area contributed by atoms with Crippen LogP contribution in [0.2, 0.25) is 0 Å². The predicted molar refractivity (Wildman–Crippen MR) is 85.3 cm³/mol. The fraction of sp³-hybridized carbons (Fsp3) is 0.812. The highest BCUT2D eigenvalue weighted by atomic mass is 16.4. The van der Waals surface area contributed by atoms with Crippen LogP contribution in [-0.4, -0.2) is 52.0 Å². The third kappa shape index (κ3) is 5.31. The van der Waals surface area contributed by atoms with Crippen molar-refractivity contribution in [2.75, 3.05) is 13.1 Å². The van der Waals surface area contributed by atoms with Crippen LogP contribution in [-0.2, 0) is 9.59 Å². The summed E-state index contributed by atoms with van der Waals surface area (Å²) in [5.41, 5.74) is -1.35. The molecule has 1 aliphatic heterocycles. The average molecular weight is 312 g/mol. The third-order valence-corrected chi connectivity index (χ3v) is 4.28. The lowest BCUT2D eigenvalue weighted by Crippen LogP contribution is -2.54. The van der Waals surface area contributed by atoms with Crippen molar-refractivity contribution in [3.05, 3.63) is 0 Å². The van der Waals surface area contributed by atoms with Crippen molar-refractivity contribution in [2.24, 2.45) is 4.99 Å². The molecule has 0 spiro atoms. The summed E-state index contributed by atoms with van der Waals surface area (Å²) in [6, 6.07) is 0. The summed E-state index contributed by atoms with van der Waals surface area (Å²) in [4.78, 5) is 28.6. The number of nitrogens with zero attached hydrogens (tertiary/aromatic N) is 2. The first-order chi connectivity index (χ1) is 10.5. The van der Waals surface area contributed by atoms with Crippen LogP contribution >= 0.6 is 0 Å². The Morgan fingerprint density at radius 3 is 2.27 bits per heavy atom. The minimum atomic E-state index is -1.35. The number of aliphatic carboxylic acids is 2. The third-order valence-electron chi connectivity index (χ3n) is 4.28. The number of hydrogen-bond donors (Lipinski definition) is 2. The quantitative estimate of drug-likeness (QED) is 0.541. The van der Waals surface area contributed by atoms with Gasteiger partial charge < -0.3 is 15.1 Å². The number of rotatable bonds is 12. The SMILES string of the molecule is CCCCCCCCCC(CC(=O)O)(C(=O)O)N1C=NCC1. The van der Waals surface area contributed by atoms with Gasteiger partial charge in [-0.15, -0.1) is 0 Å². The zero-order valence-electron chi connectivity index (χ0n) is 13.5. The van der Waals surface area contributed by atoms with Crippen LogP contribution < -0.4 is 0 Å². The van der Waals surface area contributed by atoms with Gasteiger partial charge in [0.05, 0.1) is 19.3 Å². The van der Waals surface area contributed by atoms with E-state index in [0.29, 0.717) is 19.5 Å². The van der Waals surface area contributed by atoms with Gasteiger partial charge in [0.1, 0.15) is 5.54 Å². The lowest BCUT2D eigenvalue weighted by molar-refractivity contribution is -0.156. The van der Waals surface area contributed by atoms with Gasteiger partial charge in [0.25, 0.3) is 0 Å². The standard InChI is InChI=1S/C16H28N2O4/c1-2-3-4-5-6-7-8-9-16(15(21)22,12-14(19)20)18-11-10-17-13-18/h13H,2-12H2,1H3,(H,19,20)(H,21,22). The molecule has 22 heavy (non-hydrogen) atoms. The second kappa shape index (κ2) is 9.43. The van der Waals surface area contributed by atoms with Gasteiger partial charge in [0, 0.05) is 6.54 Å². The summed E-state index contributed by atoms with van der Waals surface area (Å²) in [5.74, 6) is -2.14. The molecule has 1 unspecified atom stereocenters. The van der Waals surface area contributed by atoms with Crippen LogP contribution in [0.5, 0.6) is 0 Å². The highest BCUT2D eigenvalue weighted by Crippen LogP contribution is 2.28. The Bertz CT molecular complexity index is 398. The van der Waals surface area contributed by atoms with Gasteiger partial charge >= 0.3 is 11.9 Å². The molecular weight excluding hydrogens is 284 g/mol. The number of aliphatic imine (C=N–C) groups is 1. The maximum atomic E-state index is 11.8. The summed E-state index contributed by atoms with van der Waals surface area (Å²) >= 11 is 0. The first-order valence-electron chi connectivity index (χ1n) is 8.25. The van der Waals surface area contributed by atoms with Gasteiger partial charge in [-0.1, -0.05) is 51.9 Å². The molecule has 0 aromatic heterocycles. The van der Waals surface area contributed by atoms with Crippen LogP contribution in [0.3, 0.4) is 0 Å². The van der Waals surface area contributed by atoms with Gasteiger partial charge in [-0.25, -0.2) is 4.79 Å². The first-order valence-corrected chi connectivity index (χ1v) is 8.25. The largest absolute Gasteiger partial charge is 0.481 e. The Balaban J connectivity index is 2.55. The molecule has 6 heteroatoms. The Labute approximate surface area is 132 Å². The molecule has 126 valence electrons. The molecule has 0 bridgehead atoms. The van der Waals surface area contributed by atoms with Crippen molar-refractivity contribution in [3.63, 3.8) is 0 Å². The van der Waals surface area contributed by atoms with Crippen molar-refractivity contribution < 1.29 is 19.8 Å². The van der Waals surface area contributed by atoms with Crippen molar-refractivity contribution in [1.29, 1.82) is 0 Å². The number of carbonyl (C=O) groups is 2. The van der Waals surface area contributed by atoms with Crippen molar-refractivity contribution in [2.45, 2.75) is 70.3 Å². The first kappa shape index (κ1) is 18.5. The van der Waals surface area contributed by atoms with Crippen molar-refractivity contribution >= 4 is 18.3 Å². The molecule has 2 N–H and O–H groups in total. The van der Waals surface area contributed by atoms with E-state index < -0.39 is 17.5 Å². The van der Waals surface area contributed by atoms with Crippen molar-refractivity contribution in [1.82, 2.24) is 4.90 Å². The summed E-state index contributed by atoms with van der Waals surface area (Å²) in [7, 11) is 0. The predicted octanol–water partition coefficient (Wildman–Crippen LogP) is 2.77. The highest BCUT2D eigenvalue weighted by Gasteiger charge is 2.45. The highest BCUT2D eigenvalue weighted by molar-refractivity contribution is 5.87. The molecule has 6 nitrogen and oxygen atoms in total. The Kier molecular flexibility index (Phi) is 7.91. The fourth-order valence-electron chi connectivity index (χ4n) is 2.97. The minimum Gasteiger partial charge on any atom is -0.481 e. The molecule has 1 rings (SSSR count). The molecule has 0 aliphatic carbocycles. The van der Waals surface area contributed by atoms with Gasteiger partial charge in [-0.2, -0.15) is 0 Å². The van der Waals surface area contributed by atoms with E-state index in [2.05, 4.69) is 11.9 Å². The minimum absolute atomic E-state index is 0.356. The lowest BCUT2D eigenvalue weighted by atomic mass is 9.86. The molecule has 0 saturated carbocycles. The van der Waals surface area contributed by atoms with Gasteiger partial charge in [0.15, 0.2) is 0 Å². The van der Waals surface area contributed by atoms with E-state index in [1.165, 1.54) is 25.6 Å².